The van der Waals surface area contributed by atoms with Gasteiger partial charge in [-0.25, -0.2) is 0 Å². The van der Waals surface area contributed by atoms with E-state index < -0.39 is 5.41 Å². The van der Waals surface area contributed by atoms with Crippen LogP contribution in [0.5, 0.6) is 0 Å². The largest absolute Gasteiger partial charge is 0.466 e. The molecule has 9 nitrogen and oxygen atoms in total. The molecule has 246 valence electrons. The predicted octanol–water partition coefficient (Wildman–Crippen LogP) is 6.72. The SMILES string of the molecule is CCCOC(=O)CCC(=O)C(C)C.CCOC(=O)C(C)(C)CC(=O)C(C)C.CCOC(=O)CC(C)(C)CC(=O)C(C)C. The van der Waals surface area contributed by atoms with Crippen LogP contribution in [0.25, 0.3) is 0 Å². The number of rotatable bonds is 17. The van der Waals surface area contributed by atoms with Gasteiger partial charge < -0.3 is 14.2 Å². The Kier molecular flexibility index (Phi) is 24.0. The van der Waals surface area contributed by atoms with Gasteiger partial charge in [0.1, 0.15) is 17.3 Å². The Hall–Kier alpha value is -2.58. The van der Waals surface area contributed by atoms with Crippen molar-refractivity contribution in [2.75, 3.05) is 19.8 Å². The van der Waals surface area contributed by atoms with Crippen molar-refractivity contribution < 1.29 is 43.0 Å². The van der Waals surface area contributed by atoms with Crippen LogP contribution in [0.1, 0.15) is 129 Å². The van der Waals surface area contributed by atoms with Crippen LogP contribution in [0.3, 0.4) is 0 Å². The van der Waals surface area contributed by atoms with Crippen molar-refractivity contribution in [2.24, 2.45) is 28.6 Å². The molecule has 0 aliphatic carbocycles. The minimum atomic E-state index is -0.697. The Morgan fingerprint density at radius 3 is 1.40 bits per heavy atom. The van der Waals surface area contributed by atoms with E-state index in [9.17, 15) is 28.8 Å². The highest BCUT2D eigenvalue weighted by atomic mass is 16.5. The summed E-state index contributed by atoms with van der Waals surface area (Å²) < 4.78 is 14.6. The Morgan fingerprint density at radius 1 is 0.548 bits per heavy atom. The third kappa shape index (κ3) is 24.1. The first-order valence-corrected chi connectivity index (χ1v) is 15.2. The molecule has 0 heterocycles. The Balaban J connectivity index is -0.000000545. The van der Waals surface area contributed by atoms with E-state index >= 15 is 0 Å². The lowest BCUT2D eigenvalue weighted by Crippen LogP contribution is -2.30. The molecule has 0 amide bonds. The average molecular weight is 601 g/mol. The van der Waals surface area contributed by atoms with E-state index in [1.807, 2.05) is 62.3 Å². The van der Waals surface area contributed by atoms with Gasteiger partial charge in [0.2, 0.25) is 0 Å². The second kappa shape index (κ2) is 22.9. The van der Waals surface area contributed by atoms with Crippen molar-refractivity contribution in [3.63, 3.8) is 0 Å². The van der Waals surface area contributed by atoms with Crippen LogP contribution in [0.4, 0.5) is 0 Å². The van der Waals surface area contributed by atoms with Crippen LogP contribution in [-0.2, 0) is 43.0 Å². The molecule has 0 saturated carbocycles. The summed E-state index contributed by atoms with van der Waals surface area (Å²) in [5.41, 5.74) is -0.995. The summed E-state index contributed by atoms with van der Waals surface area (Å²) in [6.45, 7) is 25.1. The molecule has 0 N–H and O–H groups in total. The molecule has 0 fully saturated rings. The molecule has 0 spiro atoms. The molecule has 0 aromatic heterocycles. The highest BCUT2D eigenvalue weighted by Gasteiger charge is 2.32. The molecule has 0 bridgehead atoms. The number of hydrogen-bond acceptors (Lipinski definition) is 9. The zero-order valence-electron chi connectivity index (χ0n) is 28.8. The van der Waals surface area contributed by atoms with E-state index in [0.29, 0.717) is 39.1 Å². The van der Waals surface area contributed by atoms with E-state index in [0.717, 1.165) is 6.42 Å². The summed E-state index contributed by atoms with van der Waals surface area (Å²) >= 11 is 0. The van der Waals surface area contributed by atoms with E-state index in [2.05, 4.69) is 0 Å². The molecular formula is C33H60O9. The molecule has 0 aromatic carbocycles. The lowest BCUT2D eigenvalue weighted by atomic mass is 9.82. The molecule has 42 heavy (non-hydrogen) atoms. The van der Waals surface area contributed by atoms with E-state index in [-0.39, 0.29) is 71.3 Å². The normalized spacial score (nSPS) is 11.1. The number of esters is 3. The first-order valence-electron chi connectivity index (χ1n) is 15.2. The Morgan fingerprint density at radius 2 is 1.00 bits per heavy atom. The summed E-state index contributed by atoms with van der Waals surface area (Å²) in [5.74, 6) is -0.348. The van der Waals surface area contributed by atoms with Crippen molar-refractivity contribution in [3.8, 4) is 0 Å². The molecule has 0 saturated heterocycles. The predicted molar refractivity (Wildman–Crippen MR) is 165 cm³/mol. The second-order valence-electron chi connectivity index (χ2n) is 12.7. The molecule has 0 aromatic rings. The van der Waals surface area contributed by atoms with Gasteiger partial charge in [0.05, 0.1) is 38.1 Å². The number of carbonyl (C=O) groups excluding carboxylic acids is 6. The second-order valence-corrected chi connectivity index (χ2v) is 12.7. The minimum absolute atomic E-state index is 0.0129. The molecule has 0 aliphatic rings. The van der Waals surface area contributed by atoms with Crippen LogP contribution < -0.4 is 0 Å². The van der Waals surface area contributed by atoms with E-state index in [1.165, 1.54) is 0 Å². The molecule has 0 radical (unpaired) electrons. The minimum Gasteiger partial charge on any atom is -0.466 e. The summed E-state index contributed by atoms with van der Waals surface area (Å²) in [6, 6.07) is 0. The fourth-order valence-corrected chi connectivity index (χ4v) is 3.18. The fraction of sp³-hybridized carbons (Fsp3) is 0.818. The maximum absolute atomic E-state index is 11.5. The van der Waals surface area contributed by atoms with Crippen LogP contribution in [0.2, 0.25) is 0 Å². The van der Waals surface area contributed by atoms with Gasteiger partial charge in [0, 0.05) is 37.0 Å². The van der Waals surface area contributed by atoms with Crippen molar-refractivity contribution in [1.29, 1.82) is 0 Å². The van der Waals surface area contributed by atoms with Crippen molar-refractivity contribution in [3.05, 3.63) is 0 Å². The first-order chi connectivity index (χ1) is 19.2. The Labute approximate surface area is 255 Å². The zero-order valence-corrected chi connectivity index (χ0v) is 28.8. The molecular weight excluding hydrogens is 540 g/mol. The standard InChI is InChI=1S/C12H22O3.C11H20O3.C10H18O3/c1-6-15-11(14)8-12(4,5)7-10(13)9(2)3;1-6-14-10(13)11(4,5)7-9(12)8(2)3;1-4-7-13-10(12)6-5-9(11)8(2)3/h9H,6-8H2,1-5H3;8H,6-7H2,1-5H3;8H,4-7H2,1-3H3. The number of carbonyl (C=O) groups is 6. The van der Waals surface area contributed by atoms with Crippen LogP contribution in [0.15, 0.2) is 0 Å². The van der Waals surface area contributed by atoms with Gasteiger partial charge in [-0.1, -0.05) is 62.3 Å². The van der Waals surface area contributed by atoms with Crippen LogP contribution in [-0.4, -0.2) is 55.1 Å². The lowest BCUT2D eigenvalue weighted by molar-refractivity contribution is -0.155. The van der Waals surface area contributed by atoms with Crippen LogP contribution in [0, 0.1) is 28.6 Å². The quantitative estimate of drug-likeness (QED) is 0.132. The van der Waals surface area contributed by atoms with Gasteiger partial charge in [-0.05, 0) is 39.5 Å². The van der Waals surface area contributed by atoms with Crippen LogP contribution >= 0.6 is 0 Å². The third-order valence-electron chi connectivity index (χ3n) is 6.00. The average Bonchev–Trinajstić information content (AvgIpc) is 2.85. The fourth-order valence-electron chi connectivity index (χ4n) is 3.18. The molecule has 0 atom stereocenters. The third-order valence-corrected chi connectivity index (χ3v) is 6.00. The molecule has 0 unspecified atom stereocenters. The van der Waals surface area contributed by atoms with Crippen molar-refractivity contribution >= 4 is 35.3 Å². The van der Waals surface area contributed by atoms with E-state index in [4.69, 9.17) is 14.2 Å². The summed E-state index contributed by atoms with van der Waals surface area (Å²) in [7, 11) is 0. The van der Waals surface area contributed by atoms with Gasteiger partial charge >= 0.3 is 17.9 Å². The highest BCUT2D eigenvalue weighted by Crippen LogP contribution is 2.27. The topological polar surface area (TPSA) is 130 Å². The maximum atomic E-state index is 11.5. The molecule has 9 heteroatoms. The lowest BCUT2D eigenvalue weighted by Gasteiger charge is -2.23. The van der Waals surface area contributed by atoms with Gasteiger partial charge in [-0.2, -0.15) is 0 Å². The number of ketones is 3. The monoisotopic (exact) mass is 600 g/mol. The number of Topliss-reactive ketones (excluding diaryl/α,β-unsaturated/α-hetero) is 3. The van der Waals surface area contributed by atoms with Crippen molar-refractivity contribution in [1.82, 2.24) is 0 Å². The molecule has 0 aliphatic heterocycles. The maximum Gasteiger partial charge on any atom is 0.311 e. The van der Waals surface area contributed by atoms with Gasteiger partial charge in [-0.15, -0.1) is 0 Å². The molecule has 0 rings (SSSR count). The summed E-state index contributed by atoms with van der Waals surface area (Å²) in [4.78, 5) is 67.8. The highest BCUT2D eigenvalue weighted by molar-refractivity contribution is 5.87. The van der Waals surface area contributed by atoms with E-state index in [1.54, 1.807) is 27.7 Å². The first kappa shape index (κ1) is 43.9. The van der Waals surface area contributed by atoms with Gasteiger partial charge in [-0.3, -0.25) is 28.8 Å². The smallest absolute Gasteiger partial charge is 0.311 e. The number of ether oxygens (including phenoxy) is 3. The Bertz CT molecular complexity index is 836. The number of hydrogen-bond donors (Lipinski definition) is 0. The summed E-state index contributed by atoms with van der Waals surface area (Å²) in [5, 5.41) is 0. The zero-order chi connectivity index (χ0) is 33.7. The van der Waals surface area contributed by atoms with Gasteiger partial charge in [0.15, 0.2) is 0 Å². The summed E-state index contributed by atoms with van der Waals surface area (Å²) in [6.07, 6.45) is 2.34. The van der Waals surface area contributed by atoms with Gasteiger partial charge in [0.25, 0.3) is 0 Å². The van der Waals surface area contributed by atoms with Crippen molar-refractivity contribution in [2.45, 2.75) is 129 Å².